The third-order valence-electron chi connectivity index (χ3n) is 4.83. The van der Waals surface area contributed by atoms with E-state index in [0.29, 0.717) is 22.5 Å². The zero-order valence-electron chi connectivity index (χ0n) is 15.3. The first-order valence-electron chi connectivity index (χ1n) is 8.77. The number of nitrogens with zero attached hydrogens (tertiary/aromatic N) is 3. The Morgan fingerprint density at radius 1 is 1.07 bits per heavy atom. The summed E-state index contributed by atoms with van der Waals surface area (Å²) in [6.45, 7) is -0.0491. The molecule has 3 nitrogen and oxygen atoms in total. The molecule has 0 unspecified atom stereocenters. The monoisotopic (exact) mass is 397 g/mol. The van der Waals surface area contributed by atoms with E-state index in [1.165, 1.54) is 4.57 Å². The molecule has 0 aliphatic carbocycles. The van der Waals surface area contributed by atoms with E-state index in [4.69, 9.17) is 6.42 Å². The van der Waals surface area contributed by atoms with E-state index in [0.717, 1.165) is 11.9 Å². The topological polar surface area (TPSA) is 30.2 Å². The predicted octanol–water partition coefficient (Wildman–Crippen LogP) is 4.95. The molecule has 0 bridgehead atoms. The molecular weight excluding hydrogens is 382 g/mol. The molecule has 1 aliphatic heterocycles. The van der Waals surface area contributed by atoms with Gasteiger partial charge in [-0.2, -0.15) is 17.6 Å². The third kappa shape index (κ3) is 3.01. The van der Waals surface area contributed by atoms with Crippen LogP contribution in [0.1, 0.15) is 35.0 Å². The largest absolute Gasteiger partial charge is 0.353 e. The van der Waals surface area contributed by atoms with Crippen LogP contribution in [0.5, 0.6) is 0 Å². The van der Waals surface area contributed by atoms with Gasteiger partial charge in [-0.1, -0.05) is 36.3 Å². The van der Waals surface area contributed by atoms with Crippen molar-refractivity contribution >= 4 is 5.71 Å². The predicted molar refractivity (Wildman–Crippen MR) is 102 cm³/mol. The Morgan fingerprint density at radius 2 is 1.79 bits per heavy atom. The average molecular weight is 397 g/mol. The normalized spacial score (nSPS) is 13.7. The van der Waals surface area contributed by atoms with Crippen molar-refractivity contribution in [3.8, 4) is 18.0 Å². The van der Waals surface area contributed by atoms with Gasteiger partial charge in [-0.3, -0.25) is 4.99 Å². The van der Waals surface area contributed by atoms with Gasteiger partial charge in [-0.05, 0) is 18.2 Å². The fourth-order valence-electron chi connectivity index (χ4n) is 3.31. The van der Waals surface area contributed by atoms with Crippen LogP contribution in [-0.4, -0.2) is 21.2 Å². The molecule has 0 radical (unpaired) electrons. The fraction of sp³-hybridized carbons (Fsp3) is 0.182. The molecule has 0 spiro atoms. The van der Waals surface area contributed by atoms with Crippen LogP contribution in [0, 0.1) is 12.3 Å². The first kappa shape index (κ1) is 18.9. The van der Waals surface area contributed by atoms with E-state index in [-0.39, 0.29) is 19.2 Å². The summed E-state index contributed by atoms with van der Waals surface area (Å²) in [6, 6.07) is 14.2. The maximum absolute atomic E-state index is 14.4. The Morgan fingerprint density at radius 3 is 2.45 bits per heavy atom. The minimum Gasteiger partial charge on any atom is -0.300 e. The minimum atomic E-state index is -4.43. The number of rotatable bonds is 3. The number of halogens is 4. The maximum Gasteiger partial charge on any atom is 0.353 e. The third-order valence-corrected chi connectivity index (χ3v) is 4.83. The van der Waals surface area contributed by atoms with Gasteiger partial charge in [0, 0.05) is 23.6 Å². The molecule has 0 saturated heterocycles. The van der Waals surface area contributed by atoms with Crippen LogP contribution in [0.4, 0.5) is 17.6 Å². The van der Waals surface area contributed by atoms with Crippen LogP contribution in [-0.2, 0) is 12.5 Å². The lowest BCUT2D eigenvalue weighted by Crippen LogP contribution is -2.36. The first-order chi connectivity index (χ1) is 13.7. The van der Waals surface area contributed by atoms with E-state index in [2.05, 4.69) is 15.9 Å². The highest BCUT2D eigenvalue weighted by Crippen LogP contribution is 2.44. The Kier molecular flexibility index (Phi) is 4.30. The number of hydrogen-bond acceptors (Lipinski definition) is 2. The molecule has 2 heterocycles. The Labute approximate surface area is 164 Å². The standard InChI is InChI=1S/C22H15F4N3/c1-3-14-9-10-17-16(11-14)19(15-7-5-4-6-8-15)27-12-18-20(28-13-29(17)18)22(25,26)21(2,23)24/h1,4-11,13H,12H2,2H3. The quantitative estimate of drug-likeness (QED) is 0.454. The average Bonchev–Trinajstić information content (AvgIpc) is 3.05. The van der Waals surface area contributed by atoms with Crippen LogP contribution >= 0.6 is 0 Å². The van der Waals surface area contributed by atoms with E-state index in [1.54, 1.807) is 18.2 Å². The second-order valence-corrected chi connectivity index (χ2v) is 6.78. The van der Waals surface area contributed by atoms with Gasteiger partial charge in [0.05, 0.1) is 23.6 Å². The highest BCUT2D eigenvalue weighted by Gasteiger charge is 2.56. The van der Waals surface area contributed by atoms with Crippen molar-refractivity contribution in [1.82, 2.24) is 9.55 Å². The second-order valence-electron chi connectivity index (χ2n) is 6.78. The molecule has 2 aromatic carbocycles. The summed E-state index contributed by atoms with van der Waals surface area (Å²) in [4.78, 5) is 8.13. The summed E-state index contributed by atoms with van der Waals surface area (Å²) >= 11 is 0. The van der Waals surface area contributed by atoms with Crippen LogP contribution in [0.15, 0.2) is 59.9 Å². The number of benzene rings is 2. The number of alkyl halides is 4. The number of aromatic nitrogens is 2. The fourth-order valence-corrected chi connectivity index (χ4v) is 3.31. The Balaban J connectivity index is 1.98. The zero-order valence-corrected chi connectivity index (χ0v) is 15.3. The Bertz CT molecular complexity index is 1150. The molecule has 0 atom stereocenters. The van der Waals surface area contributed by atoms with Gasteiger partial charge in [-0.25, -0.2) is 4.98 Å². The molecule has 0 N–H and O–H groups in total. The van der Waals surface area contributed by atoms with Crippen molar-refractivity contribution in [3.05, 3.63) is 82.9 Å². The lowest BCUT2D eigenvalue weighted by atomic mass is 9.98. The van der Waals surface area contributed by atoms with Crippen LogP contribution in [0.2, 0.25) is 0 Å². The van der Waals surface area contributed by atoms with Crippen LogP contribution in [0.3, 0.4) is 0 Å². The smallest absolute Gasteiger partial charge is 0.300 e. The molecule has 4 rings (SSSR count). The summed E-state index contributed by atoms with van der Waals surface area (Å²) < 4.78 is 57.5. The summed E-state index contributed by atoms with van der Waals surface area (Å²) in [7, 11) is 0. The van der Waals surface area contributed by atoms with Gasteiger partial charge in [-0.15, -0.1) is 6.42 Å². The highest BCUT2D eigenvalue weighted by molar-refractivity contribution is 6.15. The summed E-state index contributed by atoms with van der Waals surface area (Å²) in [5.41, 5.74) is 1.93. The number of aliphatic imine (C=N–C) groups is 1. The van der Waals surface area contributed by atoms with E-state index >= 15 is 0 Å². The first-order valence-corrected chi connectivity index (χ1v) is 8.77. The van der Waals surface area contributed by atoms with Gasteiger partial charge in [0.1, 0.15) is 12.0 Å². The van der Waals surface area contributed by atoms with Gasteiger partial charge in [0.2, 0.25) is 0 Å². The summed E-state index contributed by atoms with van der Waals surface area (Å²) in [6.07, 6.45) is 6.65. The molecule has 1 aliphatic rings. The number of terminal acetylenes is 1. The van der Waals surface area contributed by atoms with Crippen molar-refractivity contribution in [2.45, 2.75) is 25.3 Å². The maximum atomic E-state index is 14.4. The van der Waals surface area contributed by atoms with Crippen molar-refractivity contribution < 1.29 is 17.6 Å². The van der Waals surface area contributed by atoms with Gasteiger partial charge in [0.25, 0.3) is 0 Å². The molecule has 29 heavy (non-hydrogen) atoms. The molecule has 1 aromatic heterocycles. The van der Waals surface area contributed by atoms with Gasteiger partial charge < -0.3 is 4.57 Å². The van der Waals surface area contributed by atoms with Crippen molar-refractivity contribution in [2.75, 3.05) is 0 Å². The molecule has 0 saturated carbocycles. The highest BCUT2D eigenvalue weighted by atomic mass is 19.3. The van der Waals surface area contributed by atoms with E-state index in [1.807, 2.05) is 30.3 Å². The molecule has 3 aromatic rings. The number of imidazole rings is 1. The van der Waals surface area contributed by atoms with Gasteiger partial charge >= 0.3 is 11.8 Å². The van der Waals surface area contributed by atoms with E-state index in [9.17, 15) is 17.6 Å². The lowest BCUT2D eigenvalue weighted by Gasteiger charge is -2.22. The van der Waals surface area contributed by atoms with Crippen molar-refractivity contribution in [2.24, 2.45) is 4.99 Å². The lowest BCUT2D eigenvalue weighted by molar-refractivity contribution is -0.207. The SMILES string of the molecule is C#Cc1ccc2c(c1)C(c1ccccc1)=NCc1c(C(F)(F)C(C)(F)F)ncn1-2. The summed E-state index contributed by atoms with van der Waals surface area (Å²) in [5, 5.41) is 0. The molecule has 7 heteroatoms. The molecule has 0 fully saturated rings. The number of fused-ring (bicyclic) bond motifs is 3. The van der Waals surface area contributed by atoms with Crippen molar-refractivity contribution in [3.63, 3.8) is 0 Å². The molecular formula is C22H15F4N3. The van der Waals surface area contributed by atoms with Gasteiger partial charge in [0.15, 0.2) is 0 Å². The summed E-state index contributed by atoms with van der Waals surface area (Å²) in [5.74, 6) is -6.15. The zero-order chi connectivity index (χ0) is 20.8. The van der Waals surface area contributed by atoms with Crippen LogP contribution < -0.4 is 0 Å². The molecule has 146 valence electrons. The Hall–Kier alpha value is -3.40. The van der Waals surface area contributed by atoms with E-state index < -0.39 is 17.5 Å². The number of hydrogen-bond donors (Lipinski definition) is 0. The molecule has 0 amide bonds. The van der Waals surface area contributed by atoms with Crippen LogP contribution in [0.25, 0.3) is 5.69 Å². The van der Waals surface area contributed by atoms with Crippen molar-refractivity contribution in [1.29, 1.82) is 0 Å². The minimum absolute atomic E-state index is 0.0860. The second kappa shape index (κ2) is 6.59.